The molecule has 0 aliphatic heterocycles. The number of para-hydroxylation sites is 1. The zero-order valence-electron chi connectivity index (χ0n) is 19.0. The standard InChI is InChI=1S/C25H25FN2O5S/c1-4-33-23-14-17(11-12-22(23)32-2)21(15-34(3,30)31)28-20-10-6-9-19(24(20)27-25(28)29)16-7-5-8-18(26)13-16/h5-14,21H,4,15H2,1-3H3,(H,27,29). The van der Waals surface area contributed by atoms with Gasteiger partial charge < -0.3 is 14.5 Å². The number of nitrogens with zero attached hydrogens (tertiary/aromatic N) is 1. The number of imidazole rings is 1. The maximum atomic E-state index is 13.9. The summed E-state index contributed by atoms with van der Waals surface area (Å²) in [6, 6.07) is 15.6. The molecule has 0 saturated carbocycles. The van der Waals surface area contributed by atoms with Crippen molar-refractivity contribution in [1.82, 2.24) is 9.55 Å². The van der Waals surface area contributed by atoms with Gasteiger partial charge in [-0.25, -0.2) is 17.6 Å². The van der Waals surface area contributed by atoms with E-state index in [-0.39, 0.29) is 5.75 Å². The van der Waals surface area contributed by atoms with Crippen LogP contribution in [0.25, 0.3) is 22.2 Å². The minimum absolute atomic E-state index is 0.304. The fraction of sp³-hybridized carbons (Fsp3) is 0.240. The van der Waals surface area contributed by atoms with Crippen molar-refractivity contribution in [3.63, 3.8) is 0 Å². The maximum Gasteiger partial charge on any atom is 0.327 e. The zero-order valence-corrected chi connectivity index (χ0v) is 19.9. The number of benzene rings is 3. The second-order valence-electron chi connectivity index (χ2n) is 7.96. The predicted octanol–water partition coefficient (Wildman–Crippen LogP) is 4.18. The summed E-state index contributed by atoms with van der Waals surface area (Å²) in [5, 5.41) is 0. The molecule has 4 aromatic rings. The number of sulfone groups is 1. The Morgan fingerprint density at radius 2 is 1.82 bits per heavy atom. The van der Waals surface area contributed by atoms with Crippen LogP contribution in [-0.2, 0) is 9.84 Å². The predicted molar refractivity (Wildman–Crippen MR) is 130 cm³/mol. The Balaban J connectivity index is 1.95. The van der Waals surface area contributed by atoms with Crippen LogP contribution >= 0.6 is 0 Å². The van der Waals surface area contributed by atoms with Gasteiger partial charge >= 0.3 is 5.69 Å². The molecule has 3 aromatic carbocycles. The van der Waals surface area contributed by atoms with E-state index < -0.39 is 27.4 Å². The van der Waals surface area contributed by atoms with E-state index in [9.17, 15) is 17.6 Å². The molecule has 0 fully saturated rings. The van der Waals surface area contributed by atoms with Crippen molar-refractivity contribution in [2.75, 3.05) is 25.7 Å². The van der Waals surface area contributed by atoms with Crippen LogP contribution in [0.3, 0.4) is 0 Å². The van der Waals surface area contributed by atoms with Crippen LogP contribution < -0.4 is 15.2 Å². The Bertz CT molecular complexity index is 1510. The molecule has 178 valence electrons. The quantitative estimate of drug-likeness (QED) is 0.405. The summed E-state index contributed by atoms with van der Waals surface area (Å²) in [5.41, 5.74) is 2.34. The second kappa shape index (κ2) is 9.34. The molecule has 1 unspecified atom stereocenters. The van der Waals surface area contributed by atoms with E-state index >= 15 is 0 Å². The third-order valence-corrected chi connectivity index (χ3v) is 6.45. The molecule has 0 aliphatic carbocycles. The summed E-state index contributed by atoms with van der Waals surface area (Å²) in [6.07, 6.45) is 1.13. The summed E-state index contributed by atoms with van der Waals surface area (Å²) in [5.74, 6) is 0.257. The number of halogens is 1. The minimum atomic E-state index is -3.49. The third-order valence-electron chi connectivity index (χ3n) is 5.53. The van der Waals surface area contributed by atoms with Gasteiger partial charge in [0.05, 0.1) is 36.5 Å². The van der Waals surface area contributed by atoms with Crippen LogP contribution in [0, 0.1) is 5.82 Å². The highest BCUT2D eigenvalue weighted by Gasteiger charge is 2.25. The summed E-state index contributed by atoms with van der Waals surface area (Å²) < 4.78 is 51.1. The molecule has 1 N–H and O–H groups in total. The van der Waals surface area contributed by atoms with Gasteiger partial charge in [0.2, 0.25) is 0 Å². The molecular formula is C25H25FN2O5S. The number of nitrogens with one attached hydrogen (secondary N) is 1. The van der Waals surface area contributed by atoms with E-state index in [0.29, 0.717) is 45.8 Å². The largest absolute Gasteiger partial charge is 0.493 e. The van der Waals surface area contributed by atoms with Gasteiger partial charge in [-0.3, -0.25) is 4.57 Å². The van der Waals surface area contributed by atoms with Crippen molar-refractivity contribution in [3.05, 3.63) is 82.5 Å². The first kappa shape index (κ1) is 23.6. The maximum absolute atomic E-state index is 13.9. The number of H-pyrrole nitrogens is 1. The topological polar surface area (TPSA) is 90.4 Å². The average Bonchev–Trinajstić information content (AvgIpc) is 3.12. The van der Waals surface area contributed by atoms with Crippen molar-refractivity contribution in [3.8, 4) is 22.6 Å². The normalized spacial score (nSPS) is 12.6. The number of fused-ring (bicyclic) bond motifs is 1. The second-order valence-corrected chi connectivity index (χ2v) is 10.1. The van der Waals surface area contributed by atoms with Gasteiger partial charge in [0, 0.05) is 11.8 Å². The smallest absolute Gasteiger partial charge is 0.327 e. The molecule has 34 heavy (non-hydrogen) atoms. The molecule has 1 atom stereocenters. The molecule has 0 radical (unpaired) electrons. The minimum Gasteiger partial charge on any atom is -0.493 e. The van der Waals surface area contributed by atoms with Crippen LogP contribution in [0.5, 0.6) is 11.5 Å². The van der Waals surface area contributed by atoms with Crippen molar-refractivity contribution in [1.29, 1.82) is 0 Å². The highest BCUT2D eigenvalue weighted by Crippen LogP contribution is 2.34. The number of aromatic nitrogens is 2. The van der Waals surface area contributed by atoms with Gasteiger partial charge in [0.15, 0.2) is 11.5 Å². The van der Waals surface area contributed by atoms with Crippen molar-refractivity contribution < 1.29 is 22.3 Å². The molecule has 0 aliphatic rings. The van der Waals surface area contributed by atoms with Gasteiger partial charge in [-0.15, -0.1) is 0 Å². The van der Waals surface area contributed by atoms with Crippen LogP contribution in [0.15, 0.2) is 65.5 Å². The molecule has 0 bridgehead atoms. The number of methoxy groups -OCH3 is 1. The highest BCUT2D eigenvalue weighted by atomic mass is 32.2. The lowest BCUT2D eigenvalue weighted by Crippen LogP contribution is -2.28. The Labute approximate surface area is 196 Å². The summed E-state index contributed by atoms with van der Waals surface area (Å²) >= 11 is 0. The fourth-order valence-electron chi connectivity index (χ4n) is 4.13. The van der Waals surface area contributed by atoms with Crippen LogP contribution in [0.2, 0.25) is 0 Å². The Morgan fingerprint density at radius 3 is 2.50 bits per heavy atom. The van der Waals surface area contributed by atoms with Gasteiger partial charge in [-0.05, 0) is 48.4 Å². The van der Waals surface area contributed by atoms with E-state index in [1.54, 1.807) is 48.5 Å². The first-order chi connectivity index (χ1) is 16.2. The Kier molecular flexibility index (Phi) is 6.47. The van der Waals surface area contributed by atoms with E-state index in [4.69, 9.17) is 9.47 Å². The number of aromatic amines is 1. The van der Waals surface area contributed by atoms with Crippen molar-refractivity contribution >= 4 is 20.9 Å². The molecular weight excluding hydrogens is 459 g/mol. The Morgan fingerprint density at radius 1 is 1.06 bits per heavy atom. The van der Waals surface area contributed by atoms with Gasteiger partial charge in [0.25, 0.3) is 0 Å². The van der Waals surface area contributed by atoms with Crippen LogP contribution in [-0.4, -0.2) is 43.7 Å². The number of rotatable bonds is 8. The lowest BCUT2D eigenvalue weighted by Gasteiger charge is -2.20. The lowest BCUT2D eigenvalue weighted by atomic mass is 10.0. The first-order valence-electron chi connectivity index (χ1n) is 10.7. The van der Waals surface area contributed by atoms with Gasteiger partial charge in [0.1, 0.15) is 15.7 Å². The first-order valence-corrected chi connectivity index (χ1v) is 12.8. The number of ether oxygens (including phenoxy) is 2. The molecule has 1 heterocycles. The highest BCUT2D eigenvalue weighted by molar-refractivity contribution is 7.90. The van der Waals surface area contributed by atoms with Crippen molar-refractivity contribution in [2.45, 2.75) is 13.0 Å². The number of hydrogen-bond acceptors (Lipinski definition) is 5. The molecule has 4 rings (SSSR count). The van der Waals surface area contributed by atoms with Crippen LogP contribution in [0.4, 0.5) is 4.39 Å². The molecule has 1 aromatic heterocycles. The van der Waals surface area contributed by atoms with E-state index in [1.807, 2.05) is 6.92 Å². The third kappa shape index (κ3) is 4.70. The molecule has 9 heteroatoms. The summed E-state index contributed by atoms with van der Waals surface area (Å²) in [7, 11) is -1.97. The average molecular weight is 485 g/mol. The van der Waals surface area contributed by atoms with Gasteiger partial charge in [-0.1, -0.05) is 30.3 Å². The lowest BCUT2D eigenvalue weighted by molar-refractivity contribution is 0.310. The molecule has 7 nitrogen and oxygen atoms in total. The molecule has 0 saturated heterocycles. The van der Waals surface area contributed by atoms with E-state index in [2.05, 4.69) is 4.98 Å². The zero-order chi connectivity index (χ0) is 24.5. The fourth-order valence-corrected chi connectivity index (χ4v) is 5.05. The van der Waals surface area contributed by atoms with Crippen LogP contribution in [0.1, 0.15) is 18.5 Å². The van der Waals surface area contributed by atoms with Crippen molar-refractivity contribution in [2.24, 2.45) is 0 Å². The summed E-state index contributed by atoms with van der Waals surface area (Å²) in [4.78, 5) is 16.1. The molecule has 0 spiro atoms. The van der Waals surface area contributed by atoms with E-state index in [1.165, 1.54) is 23.8 Å². The monoisotopic (exact) mass is 484 g/mol. The molecule has 0 amide bonds. The number of hydrogen-bond donors (Lipinski definition) is 1. The Hall–Kier alpha value is -3.59. The van der Waals surface area contributed by atoms with E-state index in [0.717, 1.165) is 6.26 Å². The SMILES string of the molecule is CCOc1cc(C(CS(C)(=O)=O)n2c(=O)[nH]c3c(-c4cccc(F)c4)cccc32)ccc1OC. The van der Waals surface area contributed by atoms with Gasteiger partial charge in [-0.2, -0.15) is 0 Å². The summed E-state index contributed by atoms with van der Waals surface area (Å²) in [6.45, 7) is 2.22.